The highest BCUT2D eigenvalue weighted by Crippen LogP contribution is 2.55. The monoisotopic (exact) mass is 888 g/mol. The van der Waals surface area contributed by atoms with E-state index >= 15 is 4.39 Å². The summed E-state index contributed by atoms with van der Waals surface area (Å²) in [7, 11) is -2.18. The third-order valence-electron chi connectivity index (χ3n) is 14.7. The fourth-order valence-electron chi connectivity index (χ4n) is 11.7. The first-order chi connectivity index (χ1) is 32.8. The van der Waals surface area contributed by atoms with Crippen molar-refractivity contribution in [2.24, 2.45) is 0 Å². The Hall–Kier alpha value is -7.41. The molecule has 5 heterocycles. The fourth-order valence-corrected chi connectivity index (χ4v) is 13.3. The third-order valence-corrected chi connectivity index (χ3v) is 16.7. The Balaban J connectivity index is 1.34. The Morgan fingerprint density at radius 2 is 1.34 bits per heavy atom. The lowest BCUT2D eigenvalue weighted by molar-refractivity contribution is -0.944. The first-order valence-electron chi connectivity index (χ1n) is 23.9. The van der Waals surface area contributed by atoms with E-state index in [-0.39, 0.29) is 5.82 Å². The van der Waals surface area contributed by atoms with Crippen LogP contribution in [0.2, 0.25) is 19.6 Å². The van der Waals surface area contributed by atoms with E-state index in [1.165, 1.54) is 5.19 Å². The van der Waals surface area contributed by atoms with Gasteiger partial charge in [0.05, 0.1) is 24.8 Å². The van der Waals surface area contributed by atoms with Gasteiger partial charge in [0, 0.05) is 39.9 Å². The molecule has 0 saturated heterocycles. The number of halogens is 1. The van der Waals surface area contributed by atoms with Gasteiger partial charge in [0.2, 0.25) is 5.69 Å². The van der Waals surface area contributed by atoms with Gasteiger partial charge in [-0.05, 0) is 95.9 Å². The maximum Gasteiger partial charge on any atom is 0.365 e. The largest absolute Gasteiger partial charge is 0.455 e. The molecule has 0 radical (unpaired) electrons. The quantitative estimate of drug-likeness (QED) is 0.125. The molecular formula is C61H50FN3OSi+2. The minimum Gasteiger partial charge on any atom is -0.455 e. The summed E-state index contributed by atoms with van der Waals surface area (Å²) >= 11 is 0. The predicted molar refractivity (Wildman–Crippen MR) is 275 cm³/mol. The highest BCUT2D eigenvalue weighted by Gasteiger charge is 2.68. The van der Waals surface area contributed by atoms with Gasteiger partial charge in [-0.1, -0.05) is 148 Å². The van der Waals surface area contributed by atoms with E-state index < -0.39 is 19.6 Å². The van der Waals surface area contributed by atoms with Crippen molar-refractivity contribution in [2.45, 2.75) is 58.9 Å². The number of rotatable bonds is 5. The molecule has 2 aliphatic heterocycles. The van der Waals surface area contributed by atoms with Crippen LogP contribution in [-0.4, -0.2) is 12.6 Å². The van der Waals surface area contributed by atoms with Crippen molar-refractivity contribution in [1.29, 1.82) is 0 Å². The van der Waals surface area contributed by atoms with Gasteiger partial charge < -0.3 is 4.42 Å². The van der Waals surface area contributed by atoms with Crippen molar-refractivity contribution in [3.63, 3.8) is 0 Å². The van der Waals surface area contributed by atoms with Gasteiger partial charge in [-0.3, -0.25) is 0 Å². The molecule has 67 heavy (non-hydrogen) atoms. The van der Waals surface area contributed by atoms with Gasteiger partial charge in [0.15, 0.2) is 22.8 Å². The van der Waals surface area contributed by atoms with E-state index in [4.69, 9.17) is 4.42 Å². The normalized spacial score (nSPS) is 15.4. The van der Waals surface area contributed by atoms with E-state index in [1.54, 1.807) is 0 Å². The van der Waals surface area contributed by atoms with Crippen LogP contribution in [0.4, 0.5) is 4.39 Å². The van der Waals surface area contributed by atoms with Crippen LogP contribution in [0.3, 0.4) is 0 Å². The number of hydrogen-bond donors (Lipinski definition) is 0. The second kappa shape index (κ2) is 14.1. The highest BCUT2D eigenvalue weighted by molar-refractivity contribution is 6.89. The van der Waals surface area contributed by atoms with Crippen LogP contribution in [-0.2, 0) is 5.66 Å². The second-order valence-corrected chi connectivity index (χ2v) is 25.0. The van der Waals surface area contributed by atoms with Crippen molar-refractivity contribution in [3.8, 4) is 50.6 Å². The van der Waals surface area contributed by atoms with Crippen LogP contribution >= 0.6 is 0 Å². The molecule has 0 bridgehead atoms. The summed E-state index contributed by atoms with van der Waals surface area (Å²) in [5.41, 5.74) is 14.7. The lowest BCUT2D eigenvalue weighted by Gasteiger charge is -2.25. The fraction of sp³-hybridized carbons (Fsp3) is 0.148. The summed E-state index contributed by atoms with van der Waals surface area (Å²) in [6.07, 6.45) is 2.32. The topological polar surface area (TPSA) is 25.8 Å². The van der Waals surface area contributed by atoms with Gasteiger partial charge in [-0.15, -0.1) is 9.13 Å². The van der Waals surface area contributed by atoms with Crippen LogP contribution in [0.25, 0.3) is 94.3 Å². The molecule has 0 saturated carbocycles. The van der Waals surface area contributed by atoms with Crippen LogP contribution in [0, 0.1) is 19.7 Å². The molecule has 2 aliphatic rings. The SMILES string of the molecule is [2H]C(C)(C)c1cc2[n+](cc1[Si](C)(C)C)C1(c3ccc(C)c(F)c3-2)c2ccc3c(oc4ccc(C)cc43)c2-c2n(-c3c(-c4ccccc4)cccc3-c3ccccc3)c3ccc4ccccc4c3[n+]21. The number of fused-ring (bicyclic) bond motifs is 18. The van der Waals surface area contributed by atoms with Gasteiger partial charge in [0.1, 0.15) is 22.7 Å². The number of nitrogens with zero attached hydrogens (tertiary/aromatic N) is 3. The lowest BCUT2D eigenvalue weighted by atomic mass is 9.87. The minimum absolute atomic E-state index is 0.243. The van der Waals surface area contributed by atoms with Gasteiger partial charge in [-0.25, -0.2) is 4.39 Å². The van der Waals surface area contributed by atoms with E-state index in [9.17, 15) is 1.37 Å². The first kappa shape index (κ1) is 38.8. The number of benzene rings is 8. The number of furan rings is 1. The zero-order valence-electron chi connectivity index (χ0n) is 39.8. The Kier molecular flexibility index (Phi) is 8.14. The summed E-state index contributed by atoms with van der Waals surface area (Å²) in [5, 5.41) is 5.46. The van der Waals surface area contributed by atoms with Crippen LogP contribution < -0.4 is 14.3 Å². The Bertz CT molecular complexity index is 3910. The van der Waals surface area contributed by atoms with Gasteiger partial charge in [0.25, 0.3) is 0 Å². The summed E-state index contributed by atoms with van der Waals surface area (Å²) < 4.78 is 42.1. The number of para-hydroxylation sites is 1. The van der Waals surface area contributed by atoms with Crippen molar-refractivity contribution >= 4 is 57.0 Å². The van der Waals surface area contributed by atoms with Crippen molar-refractivity contribution in [1.82, 2.24) is 4.57 Å². The zero-order valence-corrected chi connectivity index (χ0v) is 39.8. The molecule has 6 heteroatoms. The van der Waals surface area contributed by atoms with Gasteiger partial charge >= 0.3 is 11.5 Å². The van der Waals surface area contributed by atoms with E-state index in [1.807, 2.05) is 26.8 Å². The Morgan fingerprint density at radius 1 is 0.672 bits per heavy atom. The molecule has 1 atom stereocenters. The Morgan fingerprint density at radius 3 is 2.04 bits per heavy atom. The first-order valence-corrected chi connectivity index (χ1v) is 26.9. The average molecular weight is 889 g/mol. The summed E-state index contributed by atoms with van der Waals surface area (Å²) in [6.45, 7) is 15.0. The molecule has 3 aromatic heterocycles. The maximum absolute atomic E-state index is 17.8. The molecule has 13 rings (SSSR count). The molecule has 0 fully saturated rings. The lowest BCUT2D eigenvalue weighted by Crippen LogP contribution is -2.72. The molecule has 11 aromatic rings. The molecule has 4 nitrogen and oxygen atoms in total. The van der Waals surface area contributed by atoms with Crippen LogP contribution in [0.15, 0.2) is 174 Å². The van der Waals surface area contributed by atoms with Crippen LogP contribution in [0.5, 0.6) is 0 Å². The Labute approximate surface area is 392 Å². The van der Waals surface area contributed by atoms with Crippen molar-refractivity contribution < 1.29 is 19.3 Å². The summed E-state index contributed by atoms with van der Waals surface area (Å²) in [6, 6.07) is 58.5. The molecule has 0 amide bonds. The maximum atomic E-state index is 17.8. The standard InChI is InChI=1S/C61H50FN3OSi/c1-36(2)46-34-51-54-48(29-26-38(4)56(54)62)61(63(51)35-53(46)67(5,6)7)49-30-28-45-47-33-37(3)25-32-52(47)66-59(45)55(49)60-64(50-31-27-41-21-14-15-22-44(41)58(50)65(60)61)57-42(39-17-10-8-11-18-39)23-16-24-43(57)40-19-12-9-13-20-40/h8-36H,1-7H3/q+2/i36D. The predicted octanol–water partition coefficient (Wildman–Crippen LogP) is 14.3. The minimum atomic E-state index is -2.18. The van der Waals surface area contributed by atoms with E-state index in [0.29, 0.717) is 11.1 Å². The third kappa shape index (κ3) is 5.33. The molecule has 0 N–H and O–H groups in total. The molecule has 8 aromatic carbocycles. The molecule has 1 spiro atoms. The molecular weight excluding hydrogens is 838 g/mol. The summed E-state index contributed by atoms with van der Waals surface area (Å²) in [5.74, 6) is -0.236. The number of aromatic nitrogens is 3. The van der Waals surface area contributed by atoms with E-state index in [2.05, 4.69) is 204 Å². The molecule has 1 unspecified atom stereocenters. The molecule has 324 valence electrons. The smallest absolute Gasteiger partial charge is 0.365 e. The highest BCUT2D eigenvalue weighted by atomic mass is 28.3. The number of pyridine rings is 1. The number of aryl methyl sites for hydroxylation is 2. The number of imidazole rings is 1. The zero-order chi connectivity index (χ0) is 46.6. The molecule has 0 aliphatic carbocycles. The number of hydrogen-bond acceptors (Lipinski definition) is 1. The second-order valence-electron chi connectivity index (χ2n) is 19.9. The van der Waals surface area contributed by atoms with Crippen LogP contribution in [0.1, 0.15) is 48.9 Å². The summed E-state index contributed by atoms with van der Waals surface area (Å²) in [4.78, 5) is 0. The van der Waals surface area contributed by atoms with Crippen molar-refractivity contribution in [2.75, 3.05) is 0 Å². The van der Waals surface area contributed by atoms with Gasteiger partial charge in [-0.2, -0.15) is 4.57 Å². The average Bonchev–Trinajstić information content (AvgIpc) is 4.05. The van der Waals surface area contributed by atoms with E-state index in [0.717, 1.165) is 111 Å². The van der Waals surface area contributed by atoms with Crippen molar-refractivity contribution in [3.05, 3.63) is 204 Å².